The predicted octanol–water partition coefficient (Wildman–Crippen LogP) is 1.86. The van der Waals surface area contributed by atoms with Gasteiger partial charge in [-0.1, -0.05) is 6.08 Å². The highest BCUT2D eigenvalue weighted by atomic mass is 16.3. The summed E-state index contributed by atoms with van der Waals surface area (Å²) in [5.74, 6) is -0.418. The summed E-state index contributed by atoms with van der Waals surface area (Å²) in [6.07, 6.45) is 1.60. The van der Waals surface area contributed by atoms with E-state index in [1.165, 1.54) is 24.3 Å². The van der Waals surface area contributed by atoms with Crippen LogP contribution in [0.15, 0.2) is 30.9 Å². The zero-order chi connectivity index (χ0) is 9.84. The van der Waals surface area contributed by atoms with Gasteiger partial charge in [-0.15, -0.1) is 6.58 Å². The molecule has 1 aromatic carbocycles. The molecule has 2 N–H and O–H groups in total. The van der Waals surface area contributed by atoms with Gasteiger partial charge in [-0.2, -0.15) is 0 Å². The Morgan fingerprint density at radius 2 is 2.15 bits per heavy atom. The molecule has 3 heteroatoms. The Morgan fingerprint density at radius 3 is 2.77 bits per heavy atom. The number of carbonyl (C=O) groups excluding carboxylic acids is 1. The second-order valence-electron chi connectivity index (χ2n) is 2.62. The van der Waals surface area contributed by atoms with E-state index in [0.29, 0.717) is 0 Å². The number of phenolic OH excluding ortho intramolecular Hbond substituents is 2. The maximum Gasteiger partial charge on any atom is 0.170 e. The van der Waals surface area contributed by atoms with E-state index in [1.807, 2.05) is 0 Å². The molecule has 0 radical (unpaired) electrons. The van der Waals surface area contributed by atoms with Crippen LogP contribution < -0.4 is 0 Å². The summed E-state index contributed by atoms with van der Waals surface area (Å²) in [5.41, 5.74) is 0.125. The summed E-state index contributed by atoms with van der Waals surface area (Å²) in [6, 6.07) is 3.84. The molecule has 0 saturated carbocycles. The highest BCUT2D eigenvalue weighted by Gasteiger charge is 2.09. The van der Waals surface area contributed by atoms with E-state index < -0.39 is 0 Å². The van der Waals surface area contributed by atoms with Crippen molar-refractivity contribution >= 4 is 5.78 Å². The fourth-order valence-corrected chi connectivity index (χ4v) is 0.988. The number of carbonyl (C=O) groups is 1. The number of allylic oxidation sites excluding steroid dienone is 1. The molecule has 0 saturated heterocycles. The van der Waals surface area contributed by atoms with Crippen LogP contribution in [0.1, 0.15) is 16.8 Å². The van der Waals surface area contributed by atoms with Crippen molar-refractivity contribution in [1.82, 2.24) is 0 Å². The molecule has 0 atom stereocenters. The van der Waals surface area contributed by atoms with Crippen LogP contribution in [0.3, 0.4) is 0 Å². The van der Waals surface area contributed by atoms with E-state index in [1.54, 1.807) is 0 Å². The highest BCUT2D eigenvalue weighted by Crippen LogP contribution is 2.23. The summed E-state index contributed by atoms with van der Waals surface area (Å²) < 4.78 is 0. The van der Waals surface area contributed by atoms with E-state index in [4.69, 9.17) is 5.11 Å². The monoisotopic (exact) mass is 178 g/mol. The molecule has 13 heavy (non-hydrogen) atoms. The Morgan fingerprint density at radius 1 is 1.46 bits per heavy atom. The number of Topliss-reactive ketones (excluding diaryl/α,β-unsaturated/α-hetero) is 1. The Balaban J connectivity index is 3.05. The van der Waals surface area contributed by atoms with Gasteiger partial charge < -0.3 is 10.2 Å². The van der Waals surface area contributed by atoms with Crippen molar-refractivity contribution < 1.29 is 15.0 Å². The van der Waals surface area contributed by atoms with Crippen molar-refractivity contribution in [1.29, 1.82) is 0 Å². The topological polar surface area (TPSA) is 57.5 Å². The minimum absolute atomic E-state index is 0.0368. The van der Waals surface area contributed by atoms with Gasteiger partial charge in [-0.05, 0) is 18.2 Å². The van der Waals surface area contributed by atoms with E-state index >= 15 is 0 Å². The second-order valence-corrected chi connectivity index (χ2v) is 2.62. The number of hydrogen-bond donors (Lipinski definition) is 2. The molecular weight excluding hydrogens is 168 g/mol. The molecule has 0 aliphatic carbocycles. The van der Waals surface area contributed by atoms with Crippen LogP contribution in [0.2, 0.25) is 0 Å². The minimum Gasteiger partial charge on any atom is -0.508 e. The molecule has 0 heterocycles. The van der Waals surface area contributed by atoms with Gasteiger partial charge in [0.15, 0.2) is 5.78 Å². The van der Waals surface area contributed by atoms with Crippen LogP contribution >= 0.6 is 0 Å². The summed E-state index contributed by atoms with van der Waals surface area (Å²) in [4.78, 5) is 11.3. The summed E-state index contributed by atoms with van der Waals surface area (Å²) in [6.45, 7) is 3.41. The van der Waals surface area contributed by atoms with E-state index in [9.17, 15) is 9.90 Å². The third kappa shape index (κ3) is 2.08. The first-order valence-electron chi connectivity index (χ1n) is 3.81. The van der Waals surface area contributed by atoms with Crippen LogP contribution in [-0.2, 0) is 0 Å². The lowest BCUT2D eigenvalue weighted by Gasteiger charge is -2.01. The molecule has 0 amide bonds. The number of ketones is 1. The molecule has 0 spiro atoms. The Bertz CT molecular complexity index is 342. The fourth-order valence-electron chi connectivity index (χ4n) is 0.988. The molecule has 0 fully saturated rings. The SMILES string of the molecule is C=CCC(=O)c1cc(O)ccc1O. The smallest absolute Gasteiger partial charge is 0.170 e. The molecule has 0 unspecified atom stereocenters. The molecule has 0 aromatic heterocycles. The van der Waals surface area contributed by atoms with Gasteiger partial charge in [0.2, 0.25) is 0 Å². The molecule has 3 nitrogen and oxygen atoms in total. The highest BCUT2D eigenvalue weighted by molar-refractivity contribution is 5.99. The fraction of sp³-hybridized carbons (Fsp3) is 0.100. The van der Waals surface area contributed by atoms with E-state index in [2.05, 4.69) is 6.58 Å². The first-order chi connectivity index (χ1) is 6.15. The average Bonchev–Trinajstić information content (AvgIpc) is 2.09. The van der Waals surface area contributed by atoms with Crippen molar-refractivity contribution in [3.05, 3.63) is 36.4 Å². The third-order valence-corrected chi connectivity index (χ3v) is 1.61. The van der Waals surface area contributed by atoms with Gasteiger partial charge >= 0.3 is 0 Å². The van der Waals surface area contributed by atoms with E-state index in [0.717, 1.165) is 0 Å². The molecule has 1 rings (SSSR count). The van der Waals surface area contributed by atoms with Crippen LogP contribution in [0.4, 0.5) is 0 Å². The molecular formula is C10H10O3. The van der Waals surface area contributed by atoms with E-state index in [-0.39, 0.29) is 29.3 Å². The quantitative estimate of drug-likeness (QED) is 0.422. The van der Waals surface area contributed by atoms with Gasteiger partial charge in [-0.3, -0.25) is 4.79 Å². The standard InChI is InChI=1S/C10H10O3/c1-2-3-9(12)8-6-7(11)4-5-10(8)13/h2,4-6,11,13H,1,3H2. The van der Waals surface area contributed by atoms with Crippen LogP contribution in [0.25, 0.3) is 0 Å². The number of phenols is 2. The average molecular weight is 178 g/mol. The maximum atomic E-state index is 11.3. The number of rotatable bonds is 3. The second kappa shape index (κ2) is 3.76. The summed E-state index contributed by atoms with van der Waals surface area (Å²) >= 11 is 0. The van der Waals surface area contributed by atoms with Crippen LogP contribution in [0, 0.1) is 0 Å². The van der Waals surface area contributed by atoms with Crippen LogP contribution in [-0.4, -0.2) is 16.0 Å². The van der Waals surface area contributed by atoms with Crippen molar-refractivity contribution in [2.45, 2.75) is 6.42 Å². The maximum absolute atomic E-state index is 11.3. The normalized spacial score (nSPS) is 9.54. The molecule has 0 aliphatic heterocycles. The number of benzene rings is 1. The summed E-state index contributed by atoms with van der Waals surface area (Å²) in [7, 11) is 0. The molecule has 0 aliphatic rings. The Labute approximate surface area is 76.0 Å². The molecule has 68 valence electrons. The third-order valence-electron chi connectivity index (χ3n) is 1.61. The Kier molecular flexibility index (Phi) is 2.69. The van der Waals surface area contributed by atoms with Gasteiger partial charge in [0.1, 0.15) is 11.5 Å². The van der Waals surface area contributed by atoms with Crippen molar-refractivity contribution in [2.75, 3.05) is 0 Å². The van der Waals surface area contributed by atoms with Gasteiger partial charge in [0.05, 0.1) is 5.56 Å². The van der Waals surface area contributed by atoms with Crippen molar-refractivity contribution in [3.63, 3.8) is 0 Å². The summed E-state index contributed by atoms with van der Waals surface area (Å²) in [5, 5.41) is 18.3. The lowest BCUT2D eigenvalue weighted by atomic mass is 10.1. The molecule has 0 bridgehead atoms. The first-order valence-corrected chi connectivity index (χ1v) is 3.81. The number of aromatic hydroxyl groups is 2. The van der Waals surface area contributed by atoms with Crippen molar-refractivity contribution in [3.8, 4) is 11.5 Å². The van der Waals surface area contributed by atoms with Gasteiger partial charge in [0.25, 0.3) is 0 Å². The number of hydrogen-bond acceptors (Lipinski definition) is 3. The van der Waals surface area contributed by atoms with Gasteiger partial charge in [0, 0.05) is 6.42 Å². The minimum atomic E-state index is -0.261. The van der Waals surface area contributed by atoms with Crippen LogP contribution in [0.5, 0.6) is 11.5 Å². The largest absolute Gasteiger partial charge is 0.508 e. The lowest BCUT2D eigenvalue weighted by molar-refractivity contribution is 0.0993. The van der Waals surface area contributed by atoms with Gasteiger partial charge in [-0.25, -0.2) is 0 Å². The predicted molar refractivity (Wildman–Crippen MR) is 48.9 cm³/mol. The first kappa shape index (κ1) is 9.32. The lowest BCUT2D eigenvalue weighted by Crippen LogP contribution is -1.96. The molecule has 1 aromatic rings. The zero-order valence-electron chi connectivity index (χ0n) is 7.03. The Hall–Kier alpha value is -1.77. The van der Waals surface area contributed by atoms with Crippen molar-refractivity contribution in [2.24, 2.45) is 0 Å². The zero-order valence-corrected chi connectivity index (χ0v) is 7.03.